The van der Waals surface area contributed by atoms with Gasteiger partial charge in [-0.15, -0.1) is 6.58 Å². The van der Waals surface area contributed by atoms with Gasteiger partial charge in [-0.05, 0) is 13.8 Å². The van der Waals surface area contributed by atoms with E-state index in [1.54, 1.807) is 6.08 Å². The van der Waals surface area contributed by atoms with Gasteiger partial charge in [0.1, 0.15) is 0 Å². The summed E-state index contributed by atoms with van der Waals surface area (Å²) in [6.45, 7) is 9.44. The molecule has 0 fully saturated rings. The summed E-state index contributed by atoms with van der Waals surface area (Å²) in [4.78, 5) is 0. The molecule has 0 saturated heterocycles. The Kier molecular flexibility index (Phi) is 13.3. The lowest BCUT2D eigenvalue weighted by molar-refractivity contribution is -0.153. The Morgan fingerprint density at radius 2 is 1.76 bits per heavy atom. The topological polar surface area (TPSA) is 94.1 Å². The normalized spacial score (nSPS) is 10.9. The average molecular weight is 271 g/mol. The Balaban J connectivity index is 0. The van der Waals surface area contributed by atoms with Crippen molar-refractivity contribution in [3.63, 3.8) is 0 Å². The van der Waals surface area contributed by atoms with Crippen molar-refractivity contribution >= 4 is 10.4 Å². The highest BCUT2D eigenvalue weighted by Gasteiger charge is 2.03. The van der Waals surface area contributed by atoms with Crippen LogP contribution in [0, 0.1) is 0 Å². The quantitative estimate of drug-likeness (QED) is 0.378. The minimum Gasteiger partial charge on any atom is -0.340 e. The zero-order valence-corrected chi connectivity index (χ0v) is 11.2. The molecule has 0 aromatic heterocycles. The summed E-state index contributed by atoms with van der Waals surface area (Å²) < 4.78 is 40.1. The van der Waals surface area contributed by atoms with Crippen molar-refractivity contribution in [3.8, 4) is 0 Å². The SMILES string of the molecule is C=CCNC(OCC)OCC.COS(=O)(=O)O. The van der Waals surface area contributed by atoms with Crippen molar-refractivity contribution in [2.75, 3.05) is 26.9 Å². The molecule has 104 valence electrons. The monoisotopic (exact) mass is 271 g/mol. The fraction of sp³-hybridized carbons (Fsp3) is 0.778. The predicted octanol–water partition coefficient (Wildman–Crippen LogP) is 0.554. The Bertz CT molecular complexity index is 261. The van der Waals surface area contributed by atoms with Crippen LogP contribution < -0.4 is 5.32 Å². The fourth-order valence-electron chi connectivity index (χ4n) is 0.648. The van der Waals surface area contributed by atoms with Gasteiger partial charge in [-0.2, -0.15) is 8.42 Å². The maximum atomic E-state index is 9.33. The third-order valence-electron chi connectivity index (χ3n) is 1.28. The van der Waals surface area contributed by atoms with Gasteiger partial charge in [0.25, 0.3) is 0 Å². The molecule has 0 spiro atoms. The van der Waals surface area contributed by atoms with E-state index < -0.39 is 10.4 Å². The Labute approximate surface area is 103 Å². The van der Waals surface area contributed by atoms with Crippen LogP contribution in [0.4, 0.5) is 0 Å². The Hall–Kier alpha value is -0.510. The van der Waals surface area contributed by atoms with Crippen LogP contribution in [-0.4, -0.2) is 46.3 Å². The van der Waals surface area contributed by atoms with Crippen LogP contribution in [0.5, 0.6) is 0 Å². The molecule has 0 aliphatic carbocycles. The smallest absolute Gasteiger partial charge is 0.340 e. The fourth-order valence-corrected chi connectivity index (χ4v) is 0.648. The van der Waals surface area contributed by atoms with Crippen LogP contribution >= 0.6 is 0 Å². The van der Waals surface area contributed by atoms with Gasteiger partial charge in [0, 0.05) is 19.8 Å². The standard InChI is InChI=1S/C8H17NO2.CH4O4S/c1-4-7-9-8(10-5-2)11-6-3;1-5-6(2,3)4/h4,8-9H,1,5-7H2,2-3H3;1H3,(H,2,3,4). The van der Waals surface area contributed by atoms with Gasteiger partial charge in [-0.25, -0.2) is 0 Å². The lowest BCUT2D eigenvalue weighted by Gasteiger charge is -2.16. The van der Waals surface area contributed by atoms with Crippen molar-refractivity contribution in [3.05, 3.63) is 12.7 Å². The van der Waals surface area contributed by atoms with Gasteiger partial charge >= 0.3 is 10.4 Å². The first kappa shape index (κ1) is 18.8. The van der Waals surface area contributed by atoms with Crippen molar-refractivity contribution in [1.82, 2.24) is 5.32 Å². The molecule has 0 saturated carbocycles. The van der Waals surface area contributed by atoms with Crippen LogP contribution in [0.2, 0.25) is 0 Å². The molecule has 0 amide bonds. The maximum absolute atomic E-state index is 9.33. The highest BCUT2D eigenvalue weighted by Crippen LogP contribution is 1.89. The Morgan fingerprint density at radius 3 is 2.00 bits per heavy atom. The van der Waals surface area contributed by atoms with Gasteiger partial charge in [0.2, 0.25) is 6.41 Å². The molecule has 2 N–H and O–H groups in total. The van der Waals surface area contributed by atoms with E-state index in [0.717, 1.165) is 7.11 Å². The molecule has 0 aliphatic rings. The van der Waals surface area contributed by atoms with Crippen molar-refractivity contribution in [1.29, 1.82) is 0 Å². The zero-order valence-electron chi connectivity index (χ0n) is 10.4. The molecular weight excluding hydrogens is 250 g/mol. The molecule has 17 heavy (non-hydrogen) atoms. The number of hydrogen-bond acceptors (Lipinski definition) is 6. The van der Waals surface area contributed by atoms with Crippen LogP contribution in [0.3, 0.4) is 0 Å². The second kappa shape index (κ2) is 12.0. The van der Waals surface area contributed by atoms with E-state index in [2.05, 4.69) is 16.1 Å². The summed E-state index contributed by atoms with van der Waals surface area (Å²) in [5.74, 6) is 0. The number of rotatable bonds is 8. The van der Waals surface area contributed by atoms with E-state index in [-0.39, 0.29) is 6.41 Å². The van der Waals surface area contributed by atoms with Gasteiger partial charge in [0.05, 0.1) is 7.11 Å². The largest absolute Gasteiger partial charge is 0.397 e. The summed E-state index contributed by atoms with van der Waals surface area (Å²) in [6, 6.07) is 0. The number of nitrogens with one attached hydrogen (secondary N) is 1. The van der Waals surface area contributed by atoms with Gasteiger partial charge in [-0.1, -0.05) is 6.08 Å². The van der Waals surface area contributed by atoms with Crippen LogP contribution in [0.25, 0.3) is 0 Å². The average Bonchev–Trinajstić information content (AvgIpc) is 2.26. The molecule has 0 heterocycles. The second-order valence-electron chi connectivity index (χ2n) is 2.53. The summed E-state index contributed by atoms with van der Waals surface area (Å²) >= 11 is 0. The molecule has 0 bridgehead atoms. The molecular formula is C9H21NO6S. The lowest BCUT2D eigenvalue weighted by Crippen LogP contribution is -2.34. The minimum atomic E-state index is -4.16. The molecule has 0 unspecified atom stereocenters. The zero-order chi connectivity index (χ0) is 13.7. The third-order valence-corrected chi connectivity index (χ3v) is 1.70. The highest BCUT2D eigenvalue weighted by atomic mass is 32.3. The predicted molar refractivity (Wildman–Crippen MR) is 63.8 cm³/mol. The van der Waals surface area contributed by atoms with E-state index in [4.69, 9.17) is 14.0 Å². The first-order chi connectivity index (χ1) is 7.91. The van der Waals surface area contributed by atoms with Crippen molar-refractivity contribution < 1.29 is 26.6 Å². The molecule has 0 atom stereocenters. The summed E-state index contributed by atoms with van der Waals surface area (Å²) in [6.07, 6.45) is 1.48. The lowest BCUT2D eigenvalue weighted by atomic mass is 10.6. The van der Waals surface area contributed by atoms with Crippen molar-refractivity contribution in [2.24, 2.45) is 0 Å². The molecule has 8 heteroatoms. The van der Waals surface area contributed by atoms with E-state index in [9.17, 15) is 8.42 Å². The third kappa shape index (κ3) is 18.1. The number of ether oxygens (including phenoxy) is 2. The van der Waals surface area contributed by atoms with Crippen LogP contribution in [0.15, 0.2) is 12.7 Å². The number of hydrogen-bond donors (Lipinski definition) is 2. The second-order valence-corrected chi connectivity index (χ2v) is 3.72. The molecule has 7 nitrogen and oxygen atoms in total. The maximum Gasteiger partial charge on any atom is 0.397 e. The Morgan fingerprint density at radius 1 is 1.35 bits per heavy atom. The van der Waals surface area contributed by atoms with Gasteiger partial charge in [0.15, 0.2) is 0 Å². The highest BCUT2D eigenvalue weighted by molar-refractivity contribution is 7.80. The van der Waals surface area contributed by atoms with Crippen molar-refractivity contribution in [2.45, 2.75) is 20.3 Å². The molecule has 0 aromatic carbocycles. The van der Waals surface area contributed by atoms with Crippen LogP contribution in [-0.2, 0) is 24.1 Å². The summed E-state index contributed by atoms with van der Waals surface area (Å²) in [5, 5.41) is 3.01. The van der Waals surface area contributed by atoms with E-state index in [0.29, 0.717) is 19.8 Å². The molecule has 0 rings (SSSR count). The van der Waals surface area contributed by atoms with Gasteiger partial charge in [-0.3, -0.25) is 14.1 Å². The summed E-state index contributed by atoms with van der Waals surface area (Å²) in [5.41, 5.74) is 0. The molecule has 0 radical (unpaired) electrons. The first-order valence-corrected chi connectivity index (χ1v) is 6.38. The van der Waals surface area contributed by atoms with Crippen LogP contribution in [0.1, 0.15) is 13.8 Å². The molecule has 0 aliphatic heterocycles. The molecule has 0 aromatic rings. The first-order valence-electron chi connectivity index (χ1n) is 5.01. The minimum absolute atomic E-state index is 0.289. The van der Waals surface area contributed by atoms with E-state index >= 15 is 0 Å². The van der Waals surface area contributed by atoms with Gasteiger partial charge < -0.3 is 9.47 Å². The van der Waals surface area contributed by atoms with E-state index in [1.165, 1.54) is 0 Å². The summed E-state index contributed by atoms with van der Waals surface area (Å²) in [7, 11) is -3.29. The van der Waals surface area contributed by atoms with E-state index in [1.807, 2.05) is 13.8 Å².